The Labute approximate surface area is 91.4 Å². The second-order valence-corrected chi connectivity index (χ2v) is 4.50. The van der Waals surface area contributed by atoms with Crippen molar-refractivity contribution in [2.75, 3.05) is 19.8 Å². The zero-order valence-electron chi connectivity index (χ0n) is 9.49. The van der Waals surface area contributed by atoms with E-state index < -0.39 is 0 Å². The van der Waals surface area contributed by atoms with Gasteiger partial charge in [-0.05, 0) is 31.5 Å². The van der Waals surface area contributed by atoms with Gasteiger partial charge >= 0.3 is 0 Å². The highest BCUT2D eigenvalue weighted by Crippen LogP contribution is 2.31. The molecular formula is C13H19NO. The summed E-state index contributed by atoms with van der Waals surface area (Å²) in [6.07, 6.45) is 0. The highest BCUT2D eigenvalue weighted by atomic mass is 16.5. The lowest BCUT2D eigenvalue weighted by molar-refractivity contribution is -0.0438. The number of benzene rings is 1. The maximum Gasteiger partial charge on any atom is 0.0522 e. The zero-order chi connectivity index (χ0) is 10.8. The standard InChI is InChI=1S/C13H19NO/c1-9-3-4-12(10(2)5-9)13(6-14)11-7-15-8-11/h3-5,11,13H,6-8,14H2,1-2H3. The first-order chi connectivity index (χ1) is 7.22. The van der Waals surface area contributed by atoms with E-state index in [-0.39, 0.29) is 0 Å². The first-order valence-electron chi connectivity index (χ1n) is 5.57. The summed E-state index contributed by atoms with van der Waals surface area (Å²) in [6, 6.07) is 6.63. The summed E-state index contributed by atoms with van der Waals surface area (Å²) in [6.45, 7) is 6.76. The number of nitrogens with two attached hydrogens (primary N) is 1. The maximum atomic E-state index is 5.87. The minimum Gasteiger partial charge on any atom is -0.381 e. The van der Waals surface area contributed by atoms with E-state index in [1.54, 1.807) is 0 Å². The maximum absolute atomic E-state index is 5.87. The first-order valence-corrected chi connectivity index (χ1v) is 5.57. The quantitative estimate of drug-likeness (QED) is 0.819. The van der Waals surface area contributed by atoms with E-state index in [1.165, 1.54) is 16.7 Å². The van der Waals surface area contributed by atoms with E-state index in [1.807, 2.05) is 0 Å². The summed E-state index contributed by atoms with van der Waals surface area (Å²) >= 11 is 0. The molecule has 1 fully saturated rings. The largest absolute Gasteiger partial charge is 0.381 e. The molecule has 0 aliphatic carbocycles. The minimum atomic E-state index is 0.472. The van der Waals surface area contributed by atoms with Gasteiger partial charge in [0.1, 0.15) is 0 Å². The molecule has 0 bridgehead atoms. The number of ether oxygens (including phenoxy) is 1. The van der Waals surface area contributed by atoms with Crippen LogP contribution >= 0.6 is 0 Å². The molecule has 82 valence electrons. The van der Waals surface area contributed by atoms with Gasteiger partial charge in [-0.25, -0.2) is 0 Å². The van der Waals surface area contributed by atoms with E-state index in [0.29, 0.717) is 11.8 Å². The van der Waals surface area contributed by atoms with Gasteiger partial charge in [0.25, 0.3) is 0 Å². The Morgan fingerprint density at radius 1 is 1.40 bits per heavy atom. The molecule has 0 spiro atoms. The van der Waals surface area contributed by atoms with Crippen molar-refractivity contribution in [3.63, 3.8) is 0 Å². The number of hydrogen-bond acceptors (Lipinski definition) is 2. The van der Waals surface area contributed by atoms with E-state index in [0.717, 1.165) is 19.8 Å². The fraction of sp³-hybridized carbons (Fsp3) is 0.538. The predicted molar refractivity (Wildman–Crippen MR) is 62.0 cm³/mol. The highest BCUT2D eigenvalue weighted by Gasteiger charge is 2.29. The van der Waals surface area contributed by atoms with Gasteiger partial charge in [-0.3, -0.25) is 0 Å². The van der Waals surface area contributed by atoms with Gasteiger partial charge in [0, 0.05) is 11.8 Å². The Hall–Kier alpha value is -0.860. The van der Waals surface area contributed by atoms with Crippen LogP contribution in [0, 0.1) is 19.8 Å². The van der Waals surface area contributed by atoms with Crippen LogP contribution in [0.5, 0.6) is 0 Å². The Morgan fingerprint density at radius 3 is 2.60 bits per heavy atom. The topological polar surface area (TPSA) is 35.2 Å². The molecule has 0 saturated carbocycles. The minimum absolute atomic E-state index is 0.472. The molecule has 1 aliphatic rings. The van der Waals surface area contributed by atoms with Crippen LogP contribution in [0.1, 0.15) is 22.6 Å². The van der Waals surface area contributed by atoms with Crippen LogP contribution in [0.4, 0.5) is 0 Å². The van der Waals surface area contributed by atoms with Crippen LogP contribution in [-0.4, -0.2) is 19.8 Å². The van der Waals surface area contributed by atoms with E-state index in [2.05, 4.69) is 32.0 Å². The SMILES string of the molecule is Cc1ccc(C(CN)C2COC2)c(C)c1. The van der Waals surface area contributed by atoms with Crippen LogP contribution in [0.2, 0.25) is 0 Å². The average Bonchev–Trinajstić information content (AvgIpc) is 2.12. The van der Waals surface area contributed by atoms with Gasteiger partial charge in [-0.2, -0.15) is 0 Å². The number of aryl methyl sites for hydroxylation is 2. The molecule has 1 aromatic carbocycles. The summed E-state index contributed by atoms with van der Waals surface area (Å²) < 4.78 is 5.25. The van der Waals surface area contributed by atoms with Gasteiger partial charge < -0.3 is 10.5 Å². The van der Waals surface area contributed by atoms with Crippen LogP contribution in [0.25, 0.3) is 0 Å². The molecular weight excluding hydrogens is 186 g/mol. The lowest BCUT2D eigenvalue weighted by Crippen LogP contribution is -2.36. The van der Waals surface area contributed by atoms with Crippen LogP contribution in [-0.2, 0) is 4.74 Å². The Bertz CT molecular complexity index is 344. The molecule has 15 heavy (non-hydrogen) atoms. The Balaban J connectivity index is 2.25. The molecule has 0 radical (unpaired) electrons. The summed E-state index contributed by atoms with van der Waals surface area (Å²) in [7, 11) is 0. The molecule has 2 rings (SSSR count). The third-order valence-electron chi connectivity index (χ3n) is 3.31. The lowest BCUT2D eigenvalue weighted by Gasteiger charge is -2.34. The molecule has 2 nitrogen and oxygen atoms in total. The van der Waals surface area contributed by atoms with Gasteiger partial charge in [0.15, 0.2) is 0 Å². The molecule has 2 N–H and O–H groups in total. The van der Waals surface area contributed by atoms with Gasteiger partial charge in [-0.1, -0.05) is 23.8 Å². The number of hydrogen-bond donors (Lipinski definition) is 1. The zero-order valence-corrected chi connectivity index (χ0v) is 9.49. The second-order valence-electron chi connectivity index (χ2n) is 4.50. The van der Waals surface area contributed by atoms with Crippen molar-refractivity contribution in [3.05, 3.63) is 34.9 Å². The second kappa shape index (κ2) is 4.33. The summed E-state index contributed by atoms with van der Waals surface area (Å²) in [5.74, 6) is 1.09. The molecule has 1 atom stereocenters. The van der Waals surface area contributed by atoms with Crippen molar-refractivity contribution in [1.82, 2.24) is 0 Å². The molecule has 1 aromatic rings. The Kier molecular flexibility index (Phi) is 3.08. The summed E-state index contributed by atoms with van der Waals surface area (Å²) in [5, 5.41) is 0. The van der Waals surface area contributed by atoms with Crippen LogP contribution in [0.3, 0.4) is 0 Å². The first kappa shape index (κ1) is 10.7. The lowest BCUT2D eigenvalue weighted by atomic mass is 9.82. The molecule has 1 unspecified atom stereocenters. The smallest absolute Gasteiger partial charge is 0.0522 e. The highest BCUT2D eigenvalue weighted by molar-refractivity contribution is 5.34. The number of rotatable bonds is 3. The summed E-state index contributed by atoms with van der Waals surface area (Å²) in [4.78, 5) is 0. The fourth-order valence-electron chi connectivity index (χ4n) is 2.30. The molecule has 2 heteroatoms. The normalized spacial score (nSPS) is 18.6. The monoisotopic (exact) mass is 205 g/mol. The predicted octanol–water partition coefficient (Wildman–Crippen LogP) is 1.99. The van der Waals surface area contributed by atoms with Crippen LogP contribution in [0.15, 0.2) is 18.2 Å². The van der Waals surface area contributed by atoms with Gasteiger partial charge in [-0.15, -0.1) is 0 Å². The van der Waals surface area contributed by atoms with Gasteiger partial charge in [0.2, 0.25) is 0 Å². The third kappa shape index (κ3) is 2.06. The van der Waals surface area contributed by atoms with E-state index in [4.69, 9.17) is 10.5 Å². The average molecular weight is 205 g/mol. The Morgan fingerprint density at radius 2 is 2.13 bits per heavy atom. The molecule has 0 aromatic heterocycles. The molecule has 1 heterocycles. The van der Waals surface area contributed by atoms with Crippen molar-refractivity contribution in [3.8, 4) is 0 Å². The molecule has 1 aliphatic heterocycles. The fourth-order valence-corrected chi connectivity index (χ4v) is 2.30. The van der Waals surface area contributed by atoms with Crippen LogP contribution < -0.4 is 5.73 Å². The van der Waals surface area contributed by atoms with E-state index >= 15 is 0 Å². The van der Waals surface area contributed by atoms with Crippen molar-refractivity contribution >= 4 is 0 Å². The van der Waals surface area contributed by atoms with E-state index in [9.17, 15) is 0 Å². The van der Waals surface area contributed by atoms with Crippen molar-refractivity contribution in [2.24, 2.45) is 11.7 Å². The molecule has 0 amide bonds. The van der Waals surface area contributed by atoms with Crippen molar-refractivity contribution < 1.29 is 4.74 Å². The third-order valence-corrected chi connectivity index (χ3v) is 3.31. The van der Waals surface area contributed by atoms with Gasteiger partial charge in [0.05, 0.1) is 13.2 Å². The van der Waals surface area contributed by atoms with Crippen molar-refractivity contribution in [1.29, 1.82) is 0 Å². The van der Waals surface area contributed by atoms with Crippen molar-refractivity contribution in [2.45, 2.75) is 19.8 Å². The molecule has 1 saturated heterocycles. The summed E-state index contributed by atoms with van der Waals surface area (Å²) in [5.41, 5.74) is 9.94.